The summed E-state index contributed by atoms with van der Waals surface area (Å²) in [5.41, 5.74) is 2.38. The number of carbonyl (C=O) groups is 1. The first-order valence-electron chi connectivity index (χ1n) is 7.40. The molecule has 124 valence electrons. The molecule has 0 aromatic heterocycles. The molecule has 0 bridgehead atoms. The third-order valence-corrected chi connectivity index (χ3v) is 4.55. The number of hydrogen-bond acceptors (Lipinski definition) is 6. The number of rotatable bonds is 4. The maximum absolute atomic E-state index is 12.4. The number of allylic oxidation sites excluding steroid dienone is 1. The molecule has 1 aromatic carbocycles. The van der Waals surface area contributed by atoms with Crippen molar-refractivity contribution in [2.45, 2.75) is 19.9 Å². The minimum absolute atomic E-state index is 0.318. The monoisotopic (exact) mass is 334 g/mol. The Morgan fingerprint density at radius 2 is 2.00 bits per heavy atom. The molecule has 1 atom stereocenters. The average molecular weight is 334 g/mol. The Kier molecular flexibility index (Phi) is 5.71. The Morgan fingerprint density at radius 3 is 2.52 bits per heavy atom. The van der Waals surface area contributed by atoms with E-state index in [2.05, 4.69) is 0 Å². The third-order valence-electron chi connectivity index (χ3n) is 3.80. The molecular formula is C17H22N2O3S. The lowest BCUT2D eigenvalue weighted by molar-refractivity contribution is -0.139. The highest BCUT2D eigenvalue weighted by Crippen LogP contribution is 2.36. The van der Waals surface area contributed by atoms with Gasteiger partial charge in [-0.2, -0.15) is 0 Å². The Labute approximate surface area is 141 Å². The first kappa shape index (κ1) is 17.4. The summed E-state index contributed by atoms with van der Waals surface area (Å²) in [6.07, 6.45) is 1.98. The van der Waals surface area contributed by atoms with E-state index in [0.29, 0.717) is 12.2 Å². The number of methoxy groups -OCH3 is 1. The SMILES string of the molecule is CCOC(=O)C1=C(C)N(C)C(SC)=NC1c1ccc(OC)cc1. The molecule has 1 aliphatic rings. The Hall–Kier alpha value is -1.95. The van der Waals surface area contributed by atoms with Gasteiger partial charge in [0.15, 0.2) is 5.17 Å². The second kappa shape index (κ2) is 7.55. The highest BCUT2D eigenvalue weighted by Gasteiger charge is 2.32. The number of ether oxygens (including phenoxy) is 2. The maximum Gasteiger partial charge on any atom is 0.338 e. The van der Waals surface area contributed by atoms with Crippen LogP contribution in [0.3, 0.4) is 0 Å². The van der Waals surface area contributed by atoms with Gasteiger partial charge in [0.05, 0.1) is 19.3 Å². The van der Waals surface area contributed by atoms with Crippen molar-refractivity contribution in [2.75, 3.05) is 27.0 Å². The maximum atomic E-state index is 12.4. The van der Waals surface area contributed by atoms with Crippen LogP contribution in [0.15, 0.2) is 40.5 Å². The Morgan fingerprint density at radius 1 is 1.35 bits per heavy atom. The summed E-state index contributed by atoms with van der Waals surface area (Å²) in [4.78, 5) is 19.1. The van der Waals surface area contributed by atoms with Crippen molar-refractivity contribution >= 4 is 22.9 Å². The second-order valence-corrected chi connectivity index (χ2v) is 5.84. The van der Waals surface area contributed by atoms with Gasteiger partial charge in [-0.3, -0.25) is 0 Å². The van der Waals surface area contributed by atoms with E-state index in [9.17, 15) is 4.79 Å². The Bertz CT molecular complexity index is 638. The highest BCUT2D eigenvalue weighted by molar-refractivity contribution is 8.13. The normalized spacial score (nSPS) is 17.9. The number of thioether (sulfide) groups is 1. The summed E-state index contributed by atoms with van der Waals surface area (Å²) < 4.78 is 10.4. The summed E-state index contributed by atoms with van der Waals surface area (Å²) in [5, 5.41) is 0.872. The standard InChI is InChI=1S/C17H22N2O3S/c1-6-22-16(20)14-11(2)19(3)17(23-5)18-15(14)12-7-9-13(21-4)10-8-12/h7-10,15H,6H2,1-5H3. The van der Waals surface area contributed by atoms with Crippen LogP contribution < -0.4 is 4.74 Å². The smallest absolute Gasteiger partial charge is 0.338 e. The molecule has 0 amide bonds. The topological polar surface area (TPSA) is 51.1 Å². The molecule has 6 heteroatoms. The van der Waals surface area contributed by atoms with Crippen LogP contribution in [0.2, 0.25) is 0 Å². The quantitative estimate of drug-likeness (QED) is 0.791. The molecule has 1 heterocycles. The van der Waals surface area contributed by atoms with Gasteiger partial charge in [-0.05, 0) is 37.8 Å². The first-order chi connectivity index (χ1) is 11.0. The van der Waals surface area contributed by atoms with Crippen molar-refractivity contribution in [3.8, 4) is 5.75 Å². The predicted molar refractivity (Wildman–Crippen MR) is 93.8 cm³/mol. The minimum atomic E-state index is -0.362. The number of aliphatic imine (C=N–C) groups is 1. The van der Waals surface area contributed by atoms with E-state index >= 15 is 0 Å². The van der Waals surface area contributed by atoms with Crippen LogP contribution in [0.1, 0.15) is 25.5 Å². The van der Waals surface area contributed by atoms with Crippen LogP contribution in [0, 0.1) is 0 Å². The zero-order valence-electron chi connectivity index (χ0n) is 14.1. The molecule has 5 nitrogen and oxygen atoms in total. The van der Waals surface area contributed by atoms with E-state index < -0.39 is 0 Å². The van der Waals surface area contributed by atoms with Crippen molar-refractivity contribution in [3.05, 3.63) is 41.1 Å². The molecule has 0 saturated heterocycles. The lowest BCUT2D eigenvalue weighted by atomic mass is 9.96. The molecule has 1 unspecified atom stereocenters. The van der Waals surface area contributed by atoms with Crippen molar-refractivity contribution in [1.82, 2.24) is 4.90 Å². The van der Waals surface area contributed by atoms with Crippen LogP contribution in [-0.4, -0.2) is 43.1 Å². The van der Waals surface area contributed by atoms with Gasteiger partial charge in [-0.1, -0.05) is 23.9 Å². The summed E-state index contributed by atoms with van der Waals surface area (Å²) in [6, 6.07) is 7.25. The molecule has 1 aromatic rings. The van der Waals surface area contributed by atoms with Gasteiger partial charge in [0.2, 0.25) is 0 Å². The van der Waals surface area contributed by atoms with E-state index in [1.165, 1.54) is 0 Å². The van der Waals surface area contributed by atoms with E-state index in [1.54, 1.807) is 25.8 Å². The van der Waals surface area contributed by atoms with Crippen molar-refractivity contribution in [3.63, 3.8) is 0 Å². The molecule has 0 radical (unpaired) electrons. The lowest BCUT2D eigenvalue weighted by Gasteiger charge is -2.31. The van der Waals surface area contributed by atoms with E-state index in [-0.39, 0.29) is 12.0 Å². The van der Waals surface area contributed by atoms with Gasteiger partial charge < -0.3 is 14.4 Å². The molecule has 2 rings (SSSR count). The zero-order chi connectivity index (χ0) is 17.0. The van der Waals surface area contributed by atoms with Gasteiger partial charge in [-0.25, -0.2) is 9.79 Å². The van der Waals surface area contributed by atoms with Gasteiger partial charge in [0.1, 0.15) is 11.8 Å². The number of esters is 1. The molecule has 1 aliphatic heterocycles. The van der Waals surface area contributed by atoms with Crippen LogP contribution in [0.25, 0.3) is 0 Å². The number of carbonyl (C=O) groups excluding carboxylic acids is 1. The number of amidine groups is 1. The third kappa shape index (κ3) is 3.52. The van der Waals surface area contributed by atoms with Crippen LogP contribution in [0.4, 0.5) is 0 Å². The van der Waals surface area contributed by atoms with E-state index in [4.69, 9.17) is 14.5 Å². The van der Waals surface area contributed by atoms with Crippen LogP contribution >= 0.6 is 11.8 Å². The molecule has 0 aliphatic carbocycles. The van der Waals surface area contributed by atoms with Gasteiger partial charge >= 0.3 is 5.97 Å². The van der Waals surface area contributed by atoms with Crippen molar-refractivity contribution in [2.24, 2.45) is 4.99 Å². The zero-order valence-corrected chi connectivity index (χ0v) is 14.9. The number of benzene rings is 1. The van der Waals surface area contributed by atoms with Crippen LogP contribution in [0.5, 0.6) is 5.75 Å². The summed E-state index contributed by atoms with van der Waals surface area (Å²) in [7, 11) is 3.54. The van der Waals surface area contributed by atoms with Crippen molar-refractivity contribution < 1.29 is 14.3 Å². The fourth-order valence-corrected chi connectivity index (χ4v) is 3.09. The van der Waals surface area contributed by atoms with Gasteiger partial charge in [-0.15, -0.1) is 0 Å². The number of hydrogen-bond donors (Lipinski definition) is 0. The Balaban J connectivity index is 2.49. The fourth-order valence-electron chi connectivity index (χ4n) is 2.47. The summed E-state index contributed by atoms with van der Waals surface area (Å²) in [6.45, 7) is 4.07. The van der Waals surface area contributed by atoms with Gasteiger partial charge in [0, 0.05) is 12.7 Å². The van der Waals surface area contributed by atoms with Crippen LogP contribution in [-0.2, 0) is 9.53 Å². The predicted octanol–water partition coefficient (Wildman–Crippen LogP) is 3.24. The minimum Gasteiger partial charge on any atom is -0.497 e. The van der Waals surface area contributed by atoms with E-state index in [1.807, 2.05) is 49.4 Å². The number of nitrogens with zero attached hydrogens (tertiary/aromatic N) is 2. The molecule has 0 saturated carbocycles. The second-order valence-electron chi connectivity index (χ2n) is 5.07. The molecular weight excluding hydrogens is 312 g/mol. The molecule has 0 N–H and O–H groups in total. The largest absolute Gasteiger partial charge is 0.497 e. The molecule has 23 heavy (non-hydrogen) atoms. The van der Waals surface area contributed by atoms with Crippen molar-refractivity contribution in [1.29, 1.82) is 0 Å². The summed E-state index contributed by atoms with van der Waals surface area (Å²) >= 11 is 1.56. The molecule has 0 fully saturated rings. The molecule has 0 spiro atoms. The lowest BCUT2D eigenvalue weighted by Crippen LogP contribution is -2.32. The fraction of sp³-hybridized carbons (Fsp3) is 0.412. The van der Waals surface area contributed by atoms with Gasteiger partial charge in [0.25, 0.3) is 0 Å². The average Bonchev–Trinajstić information content (AvgIpc) is 2.57. The first-order valence-corrected chi connectivity index (χ1v) is 8.63. The highest BCUT2D eigenvalue weighted by atomic mass is 32.2. The summed E-state index contributed by atoms with van der Waals surface area (Å²) in [5.74, 6) is 0.454. The van der Waals surface area contributed by atoms with E-state index in [0.717, 1.165) is 22.2 Å².